The normalized spacial score (nSPS) is 22.5. The van der Waals surface area contributed by atoms with E-state index in [-0.39, 0.29) is 35.5 Å². The van der Waals surface area contributed by atoms with Crippen LogP contribution in [0.1, 0.15) is 107 Å². The summed E-state index contributed by atoms with van der Waals surface area (Å²) in [7, 11) is 0. The molecule has 4 N–H and O–H groups in total. The standard InChI is InChI=1S/C34H44O12/c1-3-5-7-13-19-43-31(39)21-15-9-11-17-23(21)33(41)45-29-26(36)25(35)27(37)30(28(29)38)46-34(42)24-18-12-10-16-22(24)32(40)44-20-14-8-6-4-2/h9-12,15-18,25-30,35-38H,3-8,13-14,19-20H2,1-2H3/t25?,26-,27+,28?,29+,30-. The summed E-state index contributed by atoms with van der Waals surface area (Å²) in [6, 6.07) is 11.3. The zero-order valence-corrected chi connectivity index (χ0v) is 26.2. The van der Waals surface area contributed by atoms with Crippen molar-refractivity contribution >= 4 is 23.9 Å². The first-order chi connectivity index (χ1) is 22.1. The lowest BCUT2D eigenvalue weighted by atomic mass is 9.84. The number of hydrogen-bond acceptors (Lipinski definition) is 12. The molecule has 6 atom stereocenters. The minimum atomic E-state index is -2.02. The number of aliphatic hydroxyl groups excluding tert-OH is 4. The number of carbonyl (C=O) groups is 4. The van der Waals surface area contributed by atoms with Gasteiger partial charge in [-0.2, -0.15) is 0 Å². The fourth-order valence-corrected chi connectivity index (χ4v) is 5.06. The molecule has 252 valence electrons. The summed E-state index contributed by atoms with van der Waals surface area (Å²) < 4.78 is 21.2. The van der Waals surface area contributed by atoms with Gasteiger partial charge < -0.3 is 39.4 Å². The average molecular weight is 645 g/mol. The molecule has 0 radical (unpaired) electrons. The van der Waals surface area contributed by atoms with E-state index >= 15 is 0 Å². The molecule has 0 saturated heterocycles. The Labute approximate surface area is 268 Å². The number of carbonyl (C=O) groups excluding carboxylic acids is 4. The number of rotatable bonds is 16. The third-order valence-corrected chi connectivity index (χ3v) is 7.73. The van der Waals surface area contributed by atoms with Gasteiger partial charge in [0.1, 0.15) is 24.4 Å². The molecule has 2 aromatic carbocycles. The summed E-state index contributed by atoms with van der Waals surface area (Å²) in [5.74, 6) is -3.81. The van der Waals surface area contributed by atoms with Crippen molar-refractivity contribution in [2.24, 2.45) is 0 Å². The fourth-order valence-electron chi connectivity index (χ4n) is 5.06. The number of hydrogen-bond donors (Lipinski definition) is 4. The minimum absolute atomic E-state index is 0.111. The predicted molar refractivity (Wildman–Crippen MR) is 164 cm³/mol. The molecule has 1 fully saturated rings. The molecule has 0 spiro atoms. The summed E-state index contributed by atoms with van der Waals surface area (Å²) in [5, 5.41) is 42.8. The largest absolute Gasteiger partial charge is 0.462 e. The van der Waals surface area contributed by atoms with E-state index in [1.165, 1.54) is 48.5 Å². The van der Waals surface area contributed by atoms with Crippen LogP contribution in [0.5, 0.6) is 0 Å². The first-order valence-electron chi connectivity index (χ1n) is 15.8. The van der Waals surface area contributed by atoms with E-state index in [4.69, 9.17) is 18.9 Å². The van der Waals surface area contributed by atoms with E-state index in [1.807, 2.05) is 0 Å². The van der Waals surface area contributed by atoms with Crippen molar-refractivity contribution in [3.8, 4) is 0 Å². The Balaban J connectivity index is 1.73. The number of ether oxygens (including phenoxy) is 4. The van der Waals surface area contributed by atoms with Gasteiger partial charge in [-0.15, -0.1) is 0 Å². The Kier molecular flexibility index (Phi) is 14.6. The second-order valence-corrected chi connectivity index (χ2v) is 11.2. The van der Waals surface area contributed by atoms with E-state index in [0.29, 0.717) is 12.8 Å². The zero-order valence-electron chi connectivity index (χ0n) is 26.2. The van der Waals surface area contributed by atoms with Crippen molar-refractivity contribution in [2.45, 2.75) is 102 Å². The van der Waals surface area contributed by atoms with Crippen LogP contribution in [0, 0.1) is 0 Å². The number of aliphatic hydroxyl groups is 4. The van der Waals surface area contributed by atoms with Crippen molar-refractivity contribution in [2.75, 3.05) is 13.2 Å². The van der Waals surface area contributed by atoms with Crippen LogP contribution in [0.2, 0.25) is 0 Å². The predicted octanol–water partition coefficient (Wildman–Crippen LogP) is 3.37. The third kappa shape index (κ3) is 9.58. The van der Waals surface area contributed by atoms with Gasteiger partial charge in [-0.05, 0) is 37.1 Å². The molecular formula is C34H44O12. The maximum absolute atomic E-state index is 13.2. The van der Waals surface area contributed by atoms with Crippen molar-refractivity contribution in [3.05, 3.63) is 70.8 Å². The van der Waals surface area contributed by atoms with E-state index < -0.39 is 60.5 Å². The quantitative estimate of drug-likeness (QED) is 0.119. The summed E-state index contributed by atoms with van der Waals surface area (Å²) in [4.78, 5) is 51.8. The van der Waals surface area contributed by atoms with Gasteiger partial charge in [-0.3, -0.25) is 0 Å². The highest BCUT2D eigenvalue weighted by atomic mass is 16.6. The second-order valence-electron chi connectivity index (χ2n) is 11.2. The molecule has 12 heteroatoms. The Morgan fingerprint density at radius 2 is 0.848 bits per heavy atom. The zero-order chi connectivity index (χ0) is 33.6. The van der Waals surface area contributed by atoms with Crippen LogP contribution in [0.25, 0.3) is 0 Å². The van der Waals surface area contributed by atoms with Gasteiger partial charge in [0.05, 0.1) is 35.5 Å². The highest BCUT2D eigenvalue weighted by Crippen LogP contribution is 2.28. The highest BCUT2D eigenvalue weighted by molar-refractivity contribution is 6.04. The van der Waals surface area contributed by atoms with Crippen LogP contribution in [0.3, 0.4) is 0 Å². The third-order valence-electron chi connectivity index (χ3n) is 7.73. The smallest absolute Gasteiger partial charge is 0.339 e. The SMILES string of the molecule is CCCCCCOC(=O)c1ccccc1C(=O)O[C@@H]1C(O)[C@H](OC(=O)c2ccccc2C(=O)OCCCCCC)[C@@H](O)C(O)[C@H]1O. The van der Waals surface area contributed by atoms with Gasteiger partial charge in [0.15, 0.2) is 12.2 Å². The second kappa shape index (κ2) is 18.3. The Morgan fingerprint density at radius 1 is 0.500 bits per heavy atom. The topological polar surface area (TPSA) is 186 Å². The van der Waals surface area contributed by atoms with E-state index in [2.05, 4.69) is 13.8 Å². The summed E-state index contributed by atoms with van der Waals surface area (Å²) in [6.45, 7) is 4.40. The summed E-state index contributed by atoms with van der Waals surface area (Å²) in [5.41, 5.74) is -0.672. The highest BCUT2D eigenvalue weighted by Gasteiger charge is 2.53. The van der Waals surface area contributed by atoms with Crippen molar-refractivity contribution in [1.29, 1.82) is 0 Å². The molecule has 0 amide bonds. The van der Waals surface area contributed by atoms with Gasteiger partial charge >= 0.3 is 23.9 Å². The first kappa shape index (κ1) is 36.6. The maximum Gasteiger partial charge on any atom is 0.339 e. The molecule has 1 aliphatic carbocycles. The lowest BCUT2D eigenvalue weighted by molar-refractivity contribution is -0.223. The molecule has 0 aromatic heterocycles. The summed E-state index contributed by atoms with van der Waals surface area (Å²) in [6.07, 6.45) is -4.73. The van der Waals surface area contributed by atoms with Gasteiger partial charge in [-0.1, -0.05) is 76.6 Å². The number of unbranched alkanes of at least 4 members (excludes halogenated alkanes) is 6. The molecule has 2 aromatic rings. The molecule has 3 rings (SSSR count). The molecule has 12 nitrogen and oxygen atoms in total. The summed E-state index contributed by atoms with van der Waals surface area (Å²) >= 11 is 0. The maximum atomic E-state index is 13.2. The molecule has 0 aliphatic heterocycles. The Bertz CT molecular complexity index is 1210. The van der Waals surface area contributed by atoms with Crippen molar-refractivity contribution < 1.29 is 58.6 Å². The van der Waals surface area contributed by atoms with Crippen LogP contribution in [-0.4, -0.2) is 94.1 Å². The van der Waals surface area contributed by atoms with Crippen LogP contribution in [-0.2, 0) is 18.9 Å². The fraction of sp³-hybridized carbons (Fsp3) is 0.529. The van der Waals surface area contributed by atoms with Crippen molar-refractivity contribution in [3.63, 3.8) is 0 Å². The number of esters is 4. The Morgan fingerprint density at radius 3 is 1.20 bits per heavy atom. The molecule has 2 unspecified atom stereocenters. The average Bonchev–Trinajstić information content (AvgIpc) is 3.07. The molecule has 1 saturated carbocycles. The number of benzene rings is 2. The van der Waals surface area contributed by atoms with Gasteiger partial charge in [0, 0.05) is 0 Å². The van der Waals surface area contributed by atoms with Crippen molar-refractivity contribution in [1.82, 2.24) is 0 Å². The Hall–Kier alpha value is -3.84. The van der Waals surface area contributed by atoms with Crippen LogP contribution in [0.4, 0.5) is 0 Å². The molecule has 0 heterocycles. The van der Waals surface area contributed by atoms with E-state index in [0.717, 1.165) is 38.5 Å². The van der Waals surface area contributed by atoms with Crippen LogP contribution in [0.15, 0.2) is 48.5 Å². The van der Waals surface area contributed by atoms with Crippen LogP contribution >= 0.6 is 0 Å². The van der Waals surface area contributed by atoms with Gasteiger partial charge in [0.2, 0.25) is 0 Å². The lowest BCUT2D eigenvalue weighted by Crippen LogP contribution is -2.65. The molecule has 1 aliphatic rings. The lowest BCUT2D eigenvalue weighted by Gasteiger charge is -2.42. The molecular weight excluding hydrogens is 600 g/mol. The monoisotopic (exact) mass is 644 g/mol. The minimum Gasteiger partial charge on any atom is -0.462 e. The van der Waals surface area contributed by atoms with Crippen LogP contribution < -0.4 is 0 Å². The first-order valence-corrected chi connectivity index (χ1v) is 15.8. The molecule has 0 bridgehead atoms. The van der Waals surface area contributed by atoms with E-state index in [1.54, 1.807) is 0 Å². The van der Waals surface area contributed by atoms with E-state index in [9.17, 15) is 39.6 Å². The van der Waals surface area contributed by atoms with Gasteiger partial charge in [-0.25, -0.2) is 19.2 Å². The molecule has 46 heavy (non-hydrogen) atoms. The van der Waals surface area contributed by atoms with Gasteiger partial charge in [0.25, 0.3) is 0 Å².